The summed E-state index contributed by atoms with van der Waals surface area (Å²) >= 11 is 0. The average Bonchev–Trinajstić information content (AvgIpc) is 3.30. The minimum atomic E-state index is -0.511. The van der Waals surface area contributed by atoms with Crippen LogP contribution < -0.4 is 0 Å². The number of Topliss-reactive ketones (excluding diaryl/α,β-unsaturated/α-hetero) is 1. The molecule has 3 nitrogen and oxygen atoms in total. The molecule has 28 heavy (non-hydrogen) atoms. The third kappa shape index (κ3) is 2.97. The highest BCUT2D eigenvalue weighted by Crippen LogP contribution is 2.33. The second kappa shape index (κ2) is 6.64. The topological polar surface area (TPSA) is 42.3 Å². The van der Waals surface area contributed by atoms with Gasteiger partial charge in [0.25, 0.3) is 0 Å². The van der Waals surface area contributed by atoms with Crippen LogP contribution in [0.5, 0.6) is 0 Å². The number of pyridine rings is 1. The SMILES string of the molecule is O=C(Cc1ccccc1)C1=Cc2cc3c(cc2C1)CN=C3c1ccnc(F)c1. The van der Waals surface area contributed by atoms with E-state index >= 15 is 0 Å². The first-order chi connectivity index (χ1) is 13.7. The maximum Gasteiger partial charge on any atom is 0.213 e. The number of aromatic nitrogens is 1. The first-order valence-electron chi connectivity index (χ1n) is 9.27. The summed E-state index contributed by atoms with van der Waals surface area (Å²) in [6.45, 7) is 0.579. The lowest BCUT2D eigenvalue weighted by Crippen LogP contribution is -2.06. The number of nitrogens with zero attached hydrogens (tertiary/aromatic N) is 2. The van der Waals surface area contributed by atoms with E-state index in [1.165, 1.54) is 12.3 Å². The van der Waals surface area contributed by atoms with Gasteiger partial charge in [-0.2, -0.15) is 4.39 Å². The first-order valence-corrected chi connectivity index (χ1v) is 9.27. The van der Waals surface area contributed by atoms with Crippen LogP contribution in [0.2, 0.25) is 0 Å². The van der Waals surface area contributed by atoms with E-state index in [4.69, 9.17) is 0 Å². The van der Waals surface area contributed by atoms with E-state index in [2.05, 4.69) is 22.1 Å². The summed E-state index contributed by atoms with van der Waals surface area (Å²) in [5, 5.41) is 0. The lowest BCUT2D eigenvalue weighted by molar-refractivity contribution is -0.114. The smallest absolute Gasteiger partial charge is 0.213 e. The van der Waals surface area contributed by atoms with Crippen LogP contribution in [-0.2, 0) is 24.2 Å². The molecule has 0 saturated heterocycles. The number of carbonyl (C=O) groups is 1. The van der Waals surface area contributed by atoms with E-state index in [1.54, 1.807) is 6.07 Å². The first kappa shape index (κ1) is 16.8. The Labute approximate surface area is 162 Å². The molecule has 3 aromatic rings. The van der Waals surface area contributed by atoms with Crippen molar-refractivity contribution in [3.05, 3.63) is 106 Å². The molecule has 0 amide bonds. The van der Waals surface area contributed by atoms with E-state index in [0.29, 0.717) is 19.4 Å². The van der Waals surface area contributed by atoms with Crippen LogP contribution in [0.3, 0.4) is 0 Å². The summed E-state index contributed by atoms with van der Waals surface area (Å²) in [5.41, 5.74) is 7.74. The summed E-state index contributed by atoms with van der Waals surface area (Å²) in [4.78, 5) is 20.9. The molecule has 0 saturated carbocycles. The second-order valence-corrected chi connectivity index (χ2v) is 7.17. The van der Waals surface area contributed by atoms with Gasteiger partial charge in [0, 0.05) is 41.8 Å². The molecule has 0 N–H and O–H groups in total. The van der Waals surface area contributed by atoms with Gasteiger partial charge in [-0.25, -0.2) is 4.98 Å². The zero-order valence-electron chi connectivity index (χ0n) is 15.2. The molecule has 1 aromatic heterocycles. The summed E-state index contributed by atoms with van der Waals surface area (Å²) < 4.78 is 13.5. The molecular formula is C24H17FN2O. The van der Waals surface area contributed by atoms with E-state index in [0.717, 1.165) is 44.7 Å². The Balaban J connectivity index is 1.44. The number of ketones is 1. The van der Waals surface area contributed by atoms with Crippen LogP contribution >= 0.6 is 0 Å². The number of hydrogen-bond acceptors (Lipinski definition) is 3. The Hall–Kier alpha value is -3.40. The average molecular weight is 368 g/mol. The Bertz CT molecular complexity index is 1160. The second-order valence-electron chi connectivity index (χ2n) is 7.17. The highest BCUT2D eigenvalue weighted by atomic mass is 19.1. The number of rotatable bonds is 4. The van der Waals surface area contributed by atoms with Gasteiger partial charge in [0.2, 0.25) is 5.95 Å². The number of aliphatic imine (C=N–C) groups is 1. The Morgan fingerprint density at radius 3 is 2.71 bits per heavy atom. The summed E-state index contributed by atoms with van der Waals surface area (Å²) in [5.74, 6) is -0.351. The molecule has 5 rings (SSSR count). The normalized spacial score (nSPS) is 14.3. The van der Waals surface area contributed by atoms with Crippen LogP contribution in [0, 0.1) is 5.95 Å². The molecule has 1 aliphatic heterocycles. The van der Waals surface area contributed by atoms with Gasteiger partial charge < -0.3 is 0 Å². The van der Waals surface area contributed by atoms with Gasteiger partial charge in [0.1, 0.15) is 0 Å². The minimum absolute atomic E-state index is 0.160. The highest BCUT2D eigenvalue weighted by Gasteiger charge is 2.24. The van der Waals surface area contributed by atoms with Crippen molar-refractivity contribution in [2.75, 3.05) is 0 Å². The van der Waals surface area contributed by atoms with Crippen LogP contribution in [0.25, 0.3) is 6.08 Å². The van der Waals surface area contributed by atoms with Crippen molar-refractivity contribution in [1.29, 1.82) is 0 Å². The van der Waals surface area contributed by atoms with Crippen LogP contribution in [0.15, 0.2) is 71.4 Å². The van der Waals surface area contributed by atoms with Crippen molar-refractivity contribution in [1.82, 2.24) is 4.98 Å². The van der Waals surface area contributed by atoms with E-state index in [9.17, 15) is 9.18 Å². The van der Waals surface area contributed by atoms with Gasteiger partial charge in [-0.05, 0) is 40.5 Å². The monoisotopic (exact) mass is 368 g/mol. The van der Waals surface area contributed by atoms with Crippen molar-refractivity contribution in [3.8, 4) is 0 Å². The molecule has 2 heterocycles. The zero-order chi connectivity index (χ0) is 19.1. The fourth-order valence-electron chi connectivity index (χ4n) is 3.91. The number of fused-ring (bicyclic) bond motifs is 2. The molecule has 0 bridgehead atoms. The maximum absolute atomic E-state index is 13.5. The van der Waals surface area contributed by atoms with Crippen molar-refractivity contribution < 1.29 is 9.18 Å². The molecule has 4 heteroatoms. The molecule has 1 aliphatic carbocycles. The van der Waals surface area contributed by atoms with Crippen molar-refractivity contribution in [2.45, 2.75) is 19.4 Å². The third-order valence-electron chi connectivity index (χ3n) is 5.30. The molecule has 2 aromatic carbocycles. The number of benzene rings is 2. The zero-order valence-corrected chi connectivity index (χ0v) is 15.2. The van der Waals surface area contributed by atoms with Gasteiger partial charge in [0.15, 0.2) is 5.78 Å². The summed E-state index contributed by atoms with van der Waals surface area (Å²) in [6.07, 6.45) is 4.53. The standard InChI is InChI=1S/C24H17FN2O/c25-23-13-16(6-7-26-23)24-21-12-18-10-19(9-17(18)11-20(21)14-27-24)22(28)8-15-4-2-1-3-5-15/h1-7,10-13H,8-9,14H2. The minimum Gasteiger partial charge on any atom is -0.294 e. The summed E-state index contributed by atoms with van der Waals surface area (Å²) in [7, 11) is 0. The van der Waals surface area contributed by atoms with Gasteiger partial charge >= 0.3 is 0 Å². The summed E-state index contributed by atoms with van der Waals surface area (Å²) in [6, 6.07) is 17.2. The van der Waals surface area contributed by atoms with Gasteiger partial charge in [-0.1, -0.05) is 36.4 Å². The molecule has 0 spiro atoms. The van der Waals surface area contributed by atoms with E-state index in [-0.39, 0.29) is 5.78 Å². The molecule has 2 aliphatic rings. The van der Waals surface area contributed by atoms with E-state index in [1.807, 2.05) is 36.4 Å². The van der Waals surface area contributed by atoms with Gasteiger partial charge in [-0.15, -0.1) is 0 Å². The number of halogens is 1. The van der Waals surface area contributed by atoms with Crippen molar-refractivity contribution in [3.63, 3.8) is 0 Å². The predicted octanol–water partition coefficient (Wildman–Crippen LogP) is 4.32. The van der Waals surface area contributed by atoms with Gasteiger partial charge in [0.05, 0.1) is 12.3 Å². The molecule has 0 atom stereocenters. The van der Waals surface area contributed by atoms with Crippen molar-refractivity contribution in [2.24, 2.45) is 4.99 Å². The van der Waals surface area contributed by atoms with Crippen LogP contribution in [0.4, 0.5) is 4.39 Å². The van der Waals surface area contributed by atoms with E-state index < -0.39 is 5.95 Å². The lowest BCUT2D eigenvalue weighted by atomic mass is 9.95. The third-order valence-corrected chi connectivity index (χ3v) is 5.30. The highest BCUT2D eigenvalue weighted by molar-refractivity contribution is 6.15. The van der Waals surface area contributed by atoms with Gasteiger partial charge in [-0.3, -0.25) is 9.79 Å². The molecule has 0 fully saturated rings. The number of hydrogen-bond donors (Lipinski definition) is 0. The molecule has 0 radical (unpaired) electrons. The molecule has 0 unspecified atom stereocenters. The maximum atomic E-state index is 13.5. The Kier molecular flexibility index (Phi) is 3.97. The Morgan fingerprint density at radius 1 is 1.04 bits per heavy atom. The van der Waals surface area contributed by atoms with Crippen molar-refractivity contribution >= 4 is 17.6 Å². The van der Waals surface area contributed by atoms with Crippen LogP contribution in [0.1, 0.15) is 33.4 Å². The molecular weight excluding hydrogens is 351 g/mol. The Morgan fingerprint density at radius 2 is 1.89 bits per heavy atom. The van der Waals surface area contributed by atoms with Crippen LogP contribution in [-0.4, -0.2) is 16.5 Å². The quantitative estimate of drug-likeness (QED) is 0.644. The largest absolute Gasteiger partial charge is 0.294 e. The lowest BCUT2D eigenvalue weighted by Gasteiger charge is -2.07. The molecule has 136 valence electrons. The fraction of sp³-hybridized carbons (Fsp3) is 0.125. The fourth-order valence-corrected chi connectivity index (χ4v) is 3.91. The number of allylic oxidation sites excluding steroid dienone is 1. The number of carbonyl (C=O) groups excluding carboxylic acids is 1. The predicted molar refractivity (Wildman–Crippen MR) is 107 cm³/mol.